The molecule has 4 rings (SSSR count). The number of morpholine rings is 1. The zero-order valence-electron chi connectivity index (χ0n) is 17.3. The molecule has 1 aromatic carbocycles. The summed E-state index contributed by atoms with van der Waals surface area (Å²) in [7, 11) is -3.56. The first-order valence-corrected chi connectivity index (χ1v) is 13.6. The molecule has 0 bridgehead atoms. The van der Waals surface area contributed by atoms with Gasteiger partial charge in [0.1, 0.15) is 0 Å². The molecule has 0 aliphatic carbocycles. The number of ether oxygens (including phenoxy) is 1. The molecule has 0 N–H and O–H groups in total. The summed E-state index contributed by atoms with van der Waals surface area (Å²) in [5.41, 5.74) is 1.59. The minimum Gasteiger partial charge on any atom is -0.379 e. The van der Waals surface area contributed by atoms with Crippen molar-refractivity contribution in [2.24, 2.45) is 0 Å². The van der Waals surface area contributed by atoms with E-state index in [0.717, 1.165) is 34.3 Å². The van der Waals surface area contributed by atoms with E-state index in [4.69, 9.17) is 9.72 Å². The number of hydrogen-bond donors (Lipinski definition) is 0. The SMILES string of the molecule is CCn1c(SCCCC(=O)c2cccs2)nc2cc(S(=O)(=O)N3CCOCC3)ccc21. The predicted molar refractivity (Wildman–Crippen MR) is 124 cm³/mol. The van der Waals surface area contributed by atoms with Gasteiger partial charge >= 0.3 is 0 Å². The fraction of sp³-hybridized carbons (Fsp3) is 0.429. The third kappa shape index (κ3) is 4.88. The molecule has 7 nitrogen and oxygen atoms in total. The fourth-order valence-electron chi connectivity index (χ4n) is 3.56. The van der Waals surface area contributed by atoms with E-state index in [-0.39, 0.29) is 10.7 Å². The van der Waals surface area contributed by atoms with Gasteiger partial charge in [0.2, 0.25) is 10.0 Å². The summed E-state index contributed by atoms with van der Waals surface area (Å²) in [6.07, 6.45) is 1.28. The highest BCUT2D eigenvalue weighted by atomic mass is 32.2. The number of imidazole rings is 1. The number of sulfonamides is 1. The molecular weight excluding hydrogens is 454 g/mol. The first kappa shape index (κ1) is 22.5. The average Bonchev–Trinajstić information content (AvgIpc) is 3.44. The van der Waals surface area contributed by atoms with Crippen molar-refractivity contribution in [2.75, 3.05) is 32.1 Å². The summed E-state index contributed by atoms with van der Waals surface area (Å²) in [5, 5.41) is 2.76. The molecule has 3 heterocycles. The zero-order chi connectivity index (χ0) is 21.8. The summed E-state index contributed by atoms with van der Waals surface area (Å²) in [5.74, 6) is 0.955. The Morgan fingerprint density at radius 2 is 2.06 bits per heavy atom. The molecule has 2 aromatic heterocycles. The lowest BCUT2D eigenvalue weighted by Crippen LogP contribution is -2.40. The molecule has 3 aromatic rings. The van der Waals surface area contributed by atoms with E-state index in [9.17, 15) is 13.2 Å². The number of Topliss-reactive ketones (excluding diaryl/α,β-unsaturated/α-hetero) is 1. The Kier molecular flexibility index (Phi) is 7.12. The fourth-order valence-corrected chi connectivity index (χ4v) is 6.70. The first-order chi connectivity index (χ1) is 15.0. The number of thiophene rings is 1. The Hall–Kier alpha value is -1.72. The van der Waals surface area contributed by atoms with Gasteiger partial charge in [-0.1, -0.05) is 17.8 Å². The van der Waals surface area contributed by atoms with Crippen molar-refractivity contribution in [2.45, 2.75) is 36.4 Å². The molecule has 1 aliphatic heterocycles. The van der Waals surface area contributed by atoms with Crippen molar-refractivity contribution in [3.63, 3.8) is 0 Å². The molecule has 0 atom stereocenters. The van der Waals surface area contributed by atoms with Crippen LogP contribution in [-0.2, 0) is 21.3 Å². The van der Waals surface area contributed by atoms with Crippen LogP contribution < -0.4 is 0 Å². The largest absolute Gasteiger partial charge is 0.379 e. The Labute approximate surface area is 190 Å². The van der Waals surface area contributed by atoms with Crippen molar-refractivity contribution < 1.29 is 17.9 Å². The van der Waals surface area contributed by atoms with Crippen LogP contribution in [0.4, 0.5) is 0 Å². The van der Waals surface area contributed by atoms with Gasteiger partial charge in [-0.2, -0.15) is 4.31 Å². The molecule has 10 heteroatoms. The number of ketones is 1. The molecule has 1 saturated heterocycles. The summed E-state index contributed by atoms with van der Waals surface area (Å²) in [6.45, 7) is 4.36. The maximum Gasteiger partial charge on any atom is 0.243 e. The van der Waals surface area contributed by atoms with E-state index in [1.807, 2.05) is 30.5 Å². The molecule has 0 spiro atoms. The lowest BCUT2D eigenvalue weighted by Gasteiger charge is -2.26. The number of aromatic nitrogens is 2. The molecule has 166 valence electrons. The van der Waals surface area contributed by atoms with Gasteiger partial charge in [0.05, 0.1) is 34.0 Å². The van der Waals surface area contributed by atoms with Gasteiger partial charge in [0.15, 0.2) is 10.9 Å². The normalized spacial score (nSPS) is 15.5. The minimum absolute atomic E-state index is 0.178. The van der Waals surface area contributed by atoms with Gasteiger partial charge in [-0.25, -0.2) is 13.4 Å². The van der Waals surface area contributed by atoms with Crippen molar-refractivity contribution in [1.82, 2.24) is 13.9 Å². The lowest BCUT2D eigenvalue weighted by atomic mass is 10.2. The van der Waals surface area contributed by atoms with Gasteiger partial charge in [0, 0.05) is 31.8 Å². The monoisotopic (exact) mass is 479 g/mol. The quantitative estimate of drug-likeness (QED) is 0.263. The number of fused-ring (bicyclic) bond motifs is 1. The topological polar surface area (TPSA) is 81.5 Å². The van der Waals surface area contributed by atoms with Crippen LogP contribution in [0.3, 0.4) is 0 Å². The van der Waals surface area contributed by atoms with Crippen LogP contribution in [-0.4, -0.2) is 60.1 Å². The van der Waals surface area contributed by atoms with Crippen molar-refractivity contribution >= 4 is 49.9 Å². The highest BCUT2D eigenvalue weighted by molar-refractivity contribution is 7.99. The van der Waals surface area contributed by atoms with Crippen LogP contribution in [0.1, 0.15) is 29.4 Å². The third-order valence-corrected chi connectivity index (χ3v) is 9.05. The number of hydrogen-bond acceptors (Lipinski definition) is 7. The van der Waals surface area contributed by atoms with E-state index in [1.54, 1.807) is 23.9 Å². The smallest absolute Gasteiger partial charge is 0.243 e. The van der Waals surface area contributed by atoms with Crippen LogP contribution in [0.5, 0.6) is 0 Å². The number of carbonyl (C=O) groups is 1. The summed E-state index contributed by atoms with van der Waals surface area (Å²) >= 11 is 3.08. The van der Waals surface area contributed by atoms with Gasteiger partial charge < -0.3 is 9.30 Å². The molecule has 31 heavy (non-hydrogen) atoms. The van der Waals surface area contributed by atoms with Gasteiger partial charge in [0.25, 0.3) is 0 Å². The van der Waals surface area contributed by atoms with E-state index >= 15 is 0 Å². The molecular formula is C21H25N3O4S3. The highest BCUT2D eigenvalue weighted by Gasteiger charge is 2.27. The molecule has 0 amide bonds. The Morgan fingerprint density at radius 3 is 2.77 bits per heavy atom. The van der Waals surface area contributed by atoms with E-state index in [2.05, 4.69) is 4.57 Å². The standard InChI is InChI=1S/C21H25N3O4S3/c1-2-24-18-8-7-16(31(26,27)23-9-11-28-12-10-23)15-17(18)22-21(24)30-14-3-5-19(25)20-6-4-13-29-20/h4,6-8,13,15H,2-3,5,9-12,14H2,1H3. The molecule has 0 radical (unpaired) electrons. The number of thioether (sulfide) groups is 1. The van der Waals surface area contributed by atoms with Crippen LogP contribution in [0.15, 0.2) is 45.8 Å². The Morgan fingerprint density at radius 1 is 1.26 bits per heavy atom. The van der Waals surface area contributed by atoms with Crippen LogP contribution in [0, 0.1) is 0 Å². The minimum atomic E-state index is -3.56. The lowest BCUT2D eigenvalue weighted by molar-refractivity contribution is 0.0730. The molecule has 0 saturated carbocycles. The van der Waals surface area contributed by atoms with Crippen LogP contribution in [0.2, 0.25) is 0 Å². The summed E-state index contributed by atoms with van der Waals surface area (Å²) in [4.78, 5) is 17.9. The van der Waals surface area contributed by atoms with E-state index in [0.29, 0.717) is 38.2 Å². The van der Waals surface area contributed by atoms with Crippen molar-refractivity contribution in [1.29, 1.82) is 0 Å². The molecule has 1 fully saturated rings. The van der Waals surface area contributed by atoms with E-state index < -0.39 is 10.0 Å². The summed E-state index contributed by atoms with van der Waals surface area (Å²) in [6, 6.07) is 8.91. The number of nitrogens with zero attached hydrogens (tertiary/aromatic N) is 3. The van der Waals surface area contributed by atoms with Crippen LogP contribution >= 0.6 is 23.1 Å². The zero-order valence-corrected chi connectivity index (χ0v) is 19.8. The number of rotatable bonds is 9. The maximum absolute atomic E-state index is 13.0. The summed E-state index contributed by atoms with van der Waals surface area (Å²) < 4.78 is 34.8. The second kappa shape index (κ2) is 9.83. The third-order valence-electron chi connectivity index (χ3n) is 5.18. The van der Waals surface area contributed by atoms with Crippen molar-refractivity contribution in [3.8, 4) is 0 Å². The van der Waals surface area contributed by atoms with E-state index in [1.165, 1.54) is 15.6 Å². The second-order valence-electron chi connectivity index (χ2n) is 7.16. The molecule has 1 aliphatic rings. The van der Waals surface area contributed by atoms with Crippen molar-refractivity contribution in [3.05, 3.63) is 40.6 Å². The van der Waals surface area contributed by atoms with Gasteiger partial charge in [-0.3, -0.25) is 4.79 Å². The van der Waals surface area contributed by atoms with Gasteiger partial charge in [-0.05, 0) is 43.0 Å². The Balaban J connectivity index is 1.47. The predicted octanol–water partition coefficient (Wildman–Crippen LogP) is 3.89. The second-order valence-corrected chi connectivity index (χ2v) is 11.1. The van der Waals surface area contributed by atoms with Crippen LogP contribution in [0.25, 0.3) is 11.0 Å². The highest BCUT2D eigenvalue weighted by Crippen LogP contribution is 2.28. The number of carbonyl (C=O) groups excluding carboxylic acids is 1. The Bertz CT molecular complexity index is 1150. The average molecular weight is 480 g/mol. The molecule has 0 unspecified atom stereocenters. The number of benzene rings is 1. The van der Waals surface area contributed by atoms with Gasteiger partial charge in [-0.15, -0.1) is 11.3 Å². The number of aryl methyl sites for hydroxylation is 1. The maximum atomic E-state index is 13.0. The first-order valence-electron chi connectivity index (χ1n) is 10.3.